The van der Waals surface area contributed by atoms with Gasteiger partial charge in [0, 0.05) is 17.4 Å². The molecule has 5 nitrogen and oxygen atoms in total. The summed E-state index contributed by atoms with van der Waals surface area (Å²) in [7, 11) is 0. The van der Waals surface area contributed by atoms with Crippen LogP contribution in [0.15, 0.2) is 53.9 Å². The highest BCUT2D eigenvalue weighted by molar-refractivity contribution is 7.14. The first-order chi connectivity index (χ1) is 15.3. The third kappa shape index (κ3) is 7.09. The van der Waals surface area contributed by atoms with Crippen molar-refractivity contribution in [1.29, 1.82) is 0 Å². The predicted molar refractivity (Wildman–Crippen MR) is 132 cm³/mol. The molecule has 2 aromatic carbocycles. The zero-order valence-electron chi connectivity index (χ0n) is 19.3. The Labute approximate surface area is 194 Å². The SMILES string of the molecule is CCCOc1ccc(-c2csc(NC(=O)CCCOc3ccc(C(C)(C)C)cc3)n2)cc1. The Morgan fingerprint density at radius 1 is 0.969 bits per heavy atom. The number of thiazole rings is 1. The maximum atomic E-state index is 12.3. The fourth-order valence-electron chi connectivity index (χ4n) is 3.06. The average molecular weight is 453 g/mol. The van der Waals surface area contributed by atoms with Crippen LogP contribution in [-0.4, -0.2) is 24.1 Å². The molecule has 1 amide bonds. The number of rotatable bonds is 10. The molecule has 0 aliphatic heterocycles. The lowest BCUT2D eigenvalue weighted by Crippen LogP contribution is -2.13. The summed E-state index contributed by atoms with van der Waals surface area (Å²) in [6, 6.07) is 16.0. The molecule has 0 aliphatic rings. The van der Waals surface area contributed by atoms with E-state index >= 15 is 0 Å². The molecule has 0 fully saturated rings. The number of nitrogens with one attached hydrogen (secondary N) is 1. The van der Waals surface area contributed by atoms with E-state index in [1.165, 1.54) is 16.9 Å². The molecular formula is C26H32N2O3S. The molecule has 1 N–H and O–H groups in total. The van der Waals surface area contributed by atoms with Gasteiger partial charge in [0.25, 0.3) is 0 Å². The number of benzene rings is 2. The Bertz CT molecular complexity index is 989. The third-order valence-corrected chi connectivity index (χ3v) is 5.67. The molecule has 170 valence electrons. The highest BCUT2D eigenvalue weighted by atomic mass is 32.1. The molecule has 1 aromatic heterocycles. The summed E-state index contributed by atoms with van der Waals surface area (Å²) in [5.41, 5.74) is 3.23. The molecule has 6 heteroatoms. The van der Waals surface area contributed by atoms with E-state index in [-0.39, 0.29) is 11.3 Å². The molecule has 0 spiro atoms. The molecule has 0 saturated heterocycles. The topological polar surface area (TPSA) is 60.5 Å². The second kappa shape index (κ2) is 11.1. The second-order valence-electron chi connectivity index (χ2n) is 8.69. The maximum Gasteiger partial charge on any atom is 0.226 e. The van der Waals surface area contributed by atoms with Crippen LogP contribution in [0.4, 0.5) is 5.13 Å². The van der Waals surface area contributed by atoms with E-state index in [2.05, 4.69) is 50.1 Å². The Morgan fingerprint density at radius 3 is 2.22 bits per heavy atom. The molecular weight excluding hydrogens is 420 g/mol. The minimum absolute atomic E-state index is 0.0547. The highest BCUT2D eigenvalue weighted by Gasteiger charge is 2.13. The number of nitrogens with zero attached hydrogens (tertiary/aromatic N) is 1. The van der Waals surface area contributed by atoms with Gasteiger partial charge in [-0.15, -0.1) is 11.3 Å². The number of hydrogen-bond donors (Lipinski definition) is 1. The van der Waals surface area contributed by atoms with E-state index in [1.807, 2.05) is 41.8 Å². The van der Waals surface area contributed by atoms with Gasteiger partial charge in [-0.05, 0) is 60.2 Å². The van der Waals surface area contributed by atoms with Gasteiger partial charge in [-0.3, -0.25) is 4.79 Å². The van der Waals surface area contributed by atoms with Crippen molar-refractivity contribution in [1.82, 2.24) is 4.98 Å². The number of hydrogen-bond acceptors (Lipinski definition) is 5. The summed E-state index contributed by atoms with van der Waals surface area (Å²) < 4.78 is 11.4. The number of carbonyl (C=O) groups excluding carboxylic acids is 1. The predicted octanol–water partition coefficient (Wildman–Crippen LogP) is 6.69. The van der Waals surface area contributed by atoms with Gasteiger partial charge in [0.1, 0.15) is 11.5 Å². The van der Waals surface area contributed by atoms with Crippen molar-refractivity contribution >= 4 is 22.4 Å². The van der Waals surface area contributed by atoms with Crippen LogP contribution in [0.5, 0.6) is 11.5 Å². The lowest BCUT2D eigenvalue weighted by Gasteiger charge is -2.19. The van der Waals surface area contributed by atoms with E-state index in [9.17, 15) is 4.79 Å². The van der Waals surface area contributed by atoms with Gasteiger partial charge in [0.2, 0.25) is 5.91 Å². The van der Waals surface area contributed by atoms with Gasteiger partial charge in [-0.1, -0.05) is 39.8 Å². The standard InChI is InChI=1S/C26H32N2O3S/c1-5-16-30-21-12-8-19(9-13-21)23-18-32-25(27-23)28-24(29)7-6-17-31-22-14-10-20(11-15-22)26(2,3)4/h8-15,18H,5-7,16-17H2,1-4H3,(H,27,28,29). The fraction of sp³-hybridized carbons (Fsp3) is 0.385. The van der Waals surface area contributed by atoms with Crippen LogP contribution in [0.1, 0.15) is 52.5 Å². The van der Waals surface area contributed by atoms with Gasteiger partial charge in [0.15, 0.2) is 5.13 Å². The van der Waals surface area contributed by atoms with E-state index < -0.39 is 0 Å². The Hall–Kier alpha value is -2.86. The number of anilines is 1. The van der Waals surface area contributed by atoms with Crippen LogP contribution in [-0.2, 0) is 10.2 Å². The molecule has 32 heavy (non-hydrogen) atoms. The summed E-state index contributed by atoms with van der Waals surface area (Å²) in [6.07, 6.45) is 2.01. The summed E-state index contributed by atoms with van der Waals surface area (Å²) in [6.45, 7) is 9.85. The molecule has 0 atom stereocenters. The van der Waals surface area contributed by atoms with Crippen LogP contribution >= 0.6 is 11.3 Å². The lowest BCUT2D eigenvalue weighted by molar-refractivity contribution is -0.116. The van der Waals surface area contributed by atoms with Gasteiger partial charge < -0.3 is 14.8 Å². The van der Waals surface area contributed by atoms with Gasteiger partial charge in [0.05, 0.1) is 18.9 Å². The smallest absolute Gasteiger partial charge is 0.226 e. The monoisotopic (exact) mass is 452 g/mol. The quantitative estimate of drug-likeness (QED) is 0.348. The molecule has 3 aromatic rings. The first-order valence-corrected chi connectivity index (χ1v) is 11.9. The van der Waals surface area contributed by atoms with E-state index in [4.69, 9.17) is 9.47 Å². The van der Waals surface area contributed by atoms with E-state index in [1.54, 1.807) is 0 Å². The van der Waals surface area contributed by atoms with Crippen molar-refractivity contribution in [2.75, 3.05) is 18.5 Å². The van der Waals surface area contributed by atoms with Gasteiger partial charge >= 0.3 is 0 Å². The van der Waals surface area contributed by atoms with Gasteiger partial charge in [-0.2, -0.15) is 0 Å². The van der Waals surface area contributed by atoms with Crippen LogP contribution in [0.2, 0.25) is 0 Å². The Balaban J connectivity index is 1.41. The average Bonchev–Trinajstić information content (AvgIpc) is 3.23. The van der Waals surface area contributed by atoms with Crippen molar-refractivity contribution in [2.24, 2.45) is 0 Å². The van der Waals surface area contributed by atoms with Crippen molar-refractivity contribution in [2.45, 2.75) is 52.4 Å². The number of aromatic nitrogens is 1. The van der Waals surface area contributed by atoms with Gasteiger partial charge in [-0.25, -0.2) is 4.98 Å². The van der Waals surface area contributed by atoms with E-state index in [0.29, 0.717) is 31.2 Å². The summed E-state index contributed by atoms with van der Waals surface area (Å²) in [5.74, 6) is 1.63. The molecule has 0 bridgehead atoms. The molecule has 0 radical (unpaired) electrons. The van der Waals surface area contributed by atoms with Crippen LogP contribution in [0.25, 0.3) is 11.3 Å². The number of carbonyl (C=O) groups is 1. The second-order valence-corrected chi connectivity index (χ2v) is 9.54. The summed E-state index contributed by atoms with van der Waals surface area (Å²) in [5, 5.41) is 5.44. The van der Waals surface area contributed by atoms with Crippen molar-refractivity contribution in [3.63, 3.8) is 0 Å². The lowest BCUT2D eigenvalue weighted by atomic mass is 9.87. The number of amides is 1. The molecule has 1 heterocycles. The van der Waals surface area contributed by atoms with Crippen molar-refractivity contribution in [3.8, 4) is 22.8 Å². The third-order valence-electron chi connectivity index (χ3n) is 4.91. The minimum Gasteiger partial charge on any atom is -0.494 e. The van der Waals surface area contributed by atoms with Crippen LogP contribution < -0.4 is 14.8 Å². The molecule has 0 aliphatic carbocycles. The fourth-order valence-corrected chi connectivity index (χ4v) is 3.80. The number of ether oxygens (including phenoxy) is 2. The van der Waals surface area contributed by atoms with Crippen molar-refractivity contribution < 1.29 is 14.3 Å². The largest absolute Gasteiger partial charge is 0.494 e. The molecule has 0 saturated carbocycles. The maximum absolute atomic E-state index is 12.3. The Morgan fingerprint density at radius 2 is 1.59 bits per heavy atom. The van der Waals surface area contributed by atoms with Crippen molar-refractivity contribution in [3.05, 3.63) is 59.5 Å². The van der Waals surface area contributed by atoms with Crippen LogP contribution in [0, 0.1) is 0 Å². The Kier molecular flexibility index (Phi) is 8.28. The summed E-state index contributed by atoms with van der Waals surface area (Å²) >= 11 is 1.42. The highest BCUT2D eigenvalue weighted by Crippen LogP contribution is 2.27. The first kappa shape index (κ1) is 23.8. The first-order valence-electron chi connectivity index (χ1n) is 11.1. The normalized spacial score (nSPS) is 11.2. The van der Waals surface area contributed by atoms with Crippen LogP contribution in [0.3, 0.4) is 0 Å². The molecule has 3 rings (SSSR count). The minimum atomic E-state index is -0.0547. The molecule has 0 unspecified atom stereocenters. The zero-order chi connectivity index (χ0) is 23.0. The zero-order valence-corrected chi connectivity index (χ0v) is 20.1. The summed E-state index contributed by atoms with van der Waals surface area (Å²) in [4.78, 5) is 16.8. The van der Waals surface area contributed by atoms with E-state index in [0.717, 1.165) is 29.2 Å².